The number of nitrogens with one attached hydrogen (secondary N) is 1. The molecular formula is C15H16N2O3. The van der Waals surface area contributed by atoms with Gasteiger partial charge in [0.25, 0.3) is 0 Å². The van der Waals surface area contributed by atoms with Gasteiger partial charge in [-0.2, -0.15) is 5.26 Å². The van der Waals surface area contributed by atoms with Crippen molar-refractivity contribution in [2.45, 2.75) is 25.3 Å². The smallest absolute Gasteiger partial charge is 0.328 e. The largest absolute Gasteiger partial charge is 0.467 e. The summed E-state index contributed by atoms with van der Waals surface area (Å²) in [4.78, 5) is 23.5. The average molecular weight is 272 g/mol. The van der Waals surface area contributed by atoms with E-state index < -0.39 is 12.0 Å². The van der Waals surface area contributed by atoms with Crippen LogP contribution < -0.4 is 5.32 Å². The Labute approximate surface area is 117 Å². The maximum absolute atomic E-state index is 11.8. The van der Waals surface area contributed by atoms with Gasteiger partial charge in [0.05, 0.1) is 18.7 Å². The molecule has 5 nitrogen and oxygen atoms in total. The summed E-state index contributed by atoms with van der Waals surface area (Å²) >= 11 is 0. The number of benzene rings is 1. The van der Waals surface area contributed by atoms with Gasteiger partial charge in [-0.05, 0) is 30.5 Å². The normalized spacial score (nSPS) is 15.0. The number of nitriles is 1. The number of ether oxygens (including phenoxy) is 1. The maximum Gasteiger partial charge on any atom is 0.328 e. The van der Waals surface area contributed by atoms with Gasteiger partial charge in [-0.3, -0.25) is 4.79 Å². The minimum absolute atomic E-state index is 0.0348. The van der Waals surface area contributed by atoms with Crippen LogP contribution in [0.2, 0.25) is 0 Å². The quantitative estimate of drug-likeness (QED) is 0.816. The molecule has 0 saturated heterocycles. The number of methoxy groups -OCH3 is 1. The number of carbonyl (C=O) groups excluding carboxylic acids is 2. The van der Waals surface area contributed by atoms with Gasteiger partial charge in [0, 0.05) is 12.3 Å². The van der Waals surface area contributed by atoms with Crippen LogP contribution in [0.25, 0.3) is 0 Å². The van der Waals surface area contributed by atoms with Crippen molar-refractivity contribution in [3.63, 3.8) is 0 Å². The third-order valence-electron chi connectivity index (χ3n) is 3.25. The van der Waals surface area contributed by atoms with Crippen molar-refractivity contribution in [3.8, 4) is 6.07 Å². The lowest BCUT2D eigenvalue weighted by Crippen LogP contribution is -2.43. The molecule has 1 fully saturated rings. The SMILES string of the molecule is COC(=O)[C@@H](Cc1cccc(C#N)c1)NC(=O)C1CC1. The van der Waals surface area contributed by atoms with Crippen molar-refractivity contribution in [2.24, 2.45) is 5.92 Å². The molecule has 1 aliphatic carbocycles. The summed E-state index contributed by atoms with van der Waals surface area (Å²) in [6.07, 6.45) is 2.08. The zero-order valence-electron chi connectivity index (χ0n) is 11.3. The zero-order chi connectivity index (χ0) is 14.5. The molecule has 1 amide bonds. The Morgan fingerprint density at radius 3 is 2.85 bits per heavy atom. The molecule has 0 spiro atoms. The molecule has 2 rings (SSSR count). The van der Waals surface area contributed by atoms with Gasteiger partial charge in [0.2, 0.25) is 5.91 Å². The standard InChI is InChI=1S/C15H16N2O3/c1-20-15(19)13(17-14(18)12-5-6-12)8-10-3-2-4-11(7-10)9-16/h2-4,7,12-13H,5-6,8H2,1H3,(H,17,18)/t13-/m1/s1. The molecule has 0 radical (unpaired) electrons. The maximum atomic E-state index is 11.8. The van der Waals surface area contributed by atoms with Gasteiger partial charge in [-0.15, -0.1) is 0 Å². The predicted molar refractivity (Wildman–Crippen MR) is 71.5 cm³/mol. The molecule has 0 heterocycles. The fourth-order valence-electron chi connectivity index (χ4n) is 1.97. The van der Waals surface area contributed by atoms with E-state index in [2.05, 4.69) is 5.32 Å². The van der Waals surface area contributed by atoms with E-state index >= 15 is 0 Å². The minimum Gasteiger partial charge on any atom is -0.467 e. The molecule has 0 unspecified atom stereocenters. The summed E-state index contributed by atoms with van der Waals surface area (Å²) in [5, 5.41) is 11.6. The van der Waals surface area contributed by atoms with Crippen molar-refractivity contribution in [1.82, 2.24) is 5.32 Å². The average Bonchev–Trinajstić information content (AvgIpc) is 3.30. The van der Waals surface area contributed by atoms with Crippen LogP contribution in [0.15, 0.2) is 24.3 Å². The first-order valence-electron chi connectivity index (χ1n) is 6.51. The fraction of sp³-hybridized carbons (Fsp3) is 0.400. The van der Waals surface area contributed by atoms with Gasteiger partial charge >= 0.3 is 5.97 Å². The minimum atomic E-state index is -0.706. The van der Waals surface area contributed by atoms with E-state index in [0.29, 0.717) is 12.0 Å². The molecule has 1 N–H and O–H groups in total. The van der Waals surface area contributed by atoms with Crippen LogP contribution in [-0.2, 0) is 20.7 Å². The lowest BCUT2D eigenvalue weighted by atomic mass is 10.0. The molecule has 1 aliphatic rings. The third-order valence-corrected chi connectivity index (χ3v) is 3.25. The van der Waals surface area contributed by atoms with Crippen molar-refractivity contribution in [1.29, 1.82) is 5.26 Å². The molecule has 1 saturated carbocycles. The number of amides is 1. The summed E-state index contributed by atoms with van der Waals surface area (Å²) in [5.74, 6) is -0.536. The van der Waals surface area contributed by atoms with E-state index in [0.717, 1.165) is 18.4 Å². The van der Waals surface area contributed by atoms with E-state index in [4.69, 9.17) is 10.00 Å². The second-order valence-corrected chi connectivity index (χ2v) is 4.87. The molecule has 20 heavy (non-hydrogen) atoms. The third kappa shape index (κ3) is 3.58. The number of carbonyl (C=O) groups is 2. The van der Waals surface area contributed by atoms with E-state index in [9.17, 15) is 9.59 Å². The van der Waals surface area contributed by atoms with Gasteiger partial charge in [-0.25, -0.2) is 4.79 Å². The molecule has 1 atom stereocenters. The Hall–Kier alpha value is -2.35. The highest BCUT2D eigenvalue weighted by molar-refractivity contribution is 5.87. The summed E-state index contributed by atoms with van der Waals surface area (Å²) < 4.78 is 4.72. The van der Waals surface area contributed by atoms with Gasteiger partial charge in [0.1, 0.15) is 6.04 Å². The summed E-state index contributed by atoms with van der Waals surface area (Å²) in [5.41, 5.74) is 1.34. The van der Waals surface area contributed by atoms with Gasteiger partial charge in [0.15, 0.2) is 0 Å². The number of hydrogen-bond acceptors (Lipinski definition) is 4. The lowest BCUT2D eigenvalue weighted by molar-refractivity contribution is -0.145. The molecule has 5 heteroatoms. The van der Waals surface area contributed by atoms with Gasteiger partial charge in [-0.1, -0.05) is 12.1 Å². The molecule has 0 aliphatic heterocycles. The number of nitrogens with zero attached hydrogens (tertiary/aromatic N) is 1. The lowest BCUT2D eigenvalue weighted by Gasteiger charge is -2.16. The van der Waals surface area contributed by atoms with E-state index in [1.807, 2.05) is 12.1 Å². The van der Waals surface area contributed by atoms with E-state index in [1.54, 1.807) is 18.2 Å². The van der Waals surface area contributed by atoms with Crippen molar-refractivity contribution >= 4 is 11.9 Å². The molecule has 0 bridgehead atoms. The van der Waals surface area contributed by atoms with Crippen LogP contribution in [0.4, 0.5) is 0 Å². The molecule has 1 aromatic rings. The Kier molecular flexibility index (Phi) is 4.36. The summed E-state index contributed by atoms with van der Waals surface area (Å²) in [6, 6.07) is 8.32. The van der Waals surface area contributed by atoms with E-state index in [1.165, 1.54) is 7.11 Å². The van der Waals surface area contributed by atoms with Crippen LogP contribution in [-0.4, -0.2) is 25.0 Å². The highest BCUT2D eigenvalue weighted by Crippen LogP contribution is 2.29. The number of esters is 1. The Bertz CT molecular complexity index is 558. The Balaban J connectivity index is 2.08. The zero-order valence-corrected chi connectivity index (χ0v) is 11.3. The van der Waals surface area contributed by atoms with Crippen molar-refractivity contribution in [3.05, 3.63) is 35.4 Å². The first-order valence-corrected chi connectivity index (χ1v) is 6.51. The fourth-order valence-corrected chi connectivity index (χ4v) is 1.97. The van der Waals surface area contributed by atoms with E-state index in [-0.39, 0.29) is 11.8 Å². The molecule has 104 valence electrons. The van der Waals surface area contributed by atoms with Crippen molar-refractivity contribution < 1.29 is 14.3 Å². The second-order valence-electron chi connectivity index (χ2n) is 4.87. The van der Waals surface area contributed by atoms with Gasteiger partial charge < -0.3 is 10.1 Å². The topological polar surface area (TPSA) is 79.2 Å². The van der Waals surface area contributed by atoms with Crippen LogP contribution in [0.3, 0.4) is 0 Å². The monoisotopic (exact) mass is 272 g/mol. The molecule has 1 aromatic carbocycles. The Morgan fingerprint density at radius 1 is 1.50 bits per heavy atom. The predicted octanol–water partition coefficient (Wildman–Crippen LogP) is 1.17. The first-order chi connectivity index (χ1) is 9.63. The summed E-state index contributed by atoms with van der Waals surface area (Å²) in [7, 11) is 1.30. The molecular weight excluding hydrogens is 256 g/mol. The highest BCUT2D eigenvalue weighted by atomic mass is 16.5. The van der Waals surface area contributed by atoms with Crippen LogP contribution >= 0.6 is 0 Å². The van der Waals surface area contributed by atoms with Crippen LogP contribution in [0.5, 0.6) is 0 Å². The molecule has 0 aromatic heterocycles. The highest BCUT2D eigenvalue weighted by Gasteiger charge is 2.32. The second kappa shape index (κ2) is 6.20. The van der Waals surface area contributed by atoms with Crippen molar-refractivity contribution in [2.75, 3.05) is 7.11 Å². The number of rotatable bonds is 5. The first kappa shape index (κ1) is 14.1. The van der Waals surface area contributed by atoms with Crippen LogP contribution in [0, 0.1) is 17.2 Å². The Morgan fingerprint density at radius 2 is 2.25 bits per heavy atom. The number of hydrogen-bond donors (Lipinski definition) is 1. The van der Waals surface area contributed by atoms with Crippen LogP contribution in [0.1, 0.15) is 24.0 Å². The summed E-state index contributed by atoms with van der Waals surface area (Å²) in [6.45, 7) is 0.